The molecule has 4 aliphatic rings. The van der Waals surface area contributed by atoms with Crippen molar-refractivity contribution < 1.29 is 69.3 Å². The van der Waals surface area contributed by atoms with Gasteiger partial charge in [-0.1, -0.05) is 84.9 Å². The lowest BCUT2D eigenvalue weighted by Gasteiger charge is -2.44. The smallest absolute Gasteiger partial charge is 0.416 e. The van der Waals surface area contributed by atoms with Gasteiger partial charge in [0.25, 0.3) is 11.8 Å². The van der Waals surface area contributed by atoms with Crippen molar-refractivity contribution in [1.29, 1.82) is 0 Å². The SMILES string of the molecule is CN(CCN1CCC(N(C(=O)O)c2ccccc2-c2ccccc2)CC1)C(=O)CCCNc1ccc(C(=O)N(C)CCCN(C)C(=O)CO[C@H]2Cc3ccccc3C23CCN(CC[C@]2(c4ccc(F)cc4)CN(C(=O)c4cc(C(F)(F)F)cc(C(F)(F)F)c4)CO2)CC3)cc1. The second-order valence-electron chi connectivity index (χ2n) is 25.4. The molecule has 10 rings (SSSR count). The molecule has 3 heterocycles. The highest BCUT2D eigenvalue weighted by atomic mass is 19.4. The lowest BCUT2D eigenvalue weighted by atomic mass is 9.72. The number of para-hydroxylation sites is 1. The third kappa shape index (κ3) is 16.7. The fourth-order valence-corrected chi connectivity index (χ4v) is 13.8. The first-order valence-corrected chi connectivity index (χ1v) is 32.3. The number of fused-ring (bicyclic) bond motifs is 2. The summed E-state index contributed by atoms with van der Waals surface area (Å²) in [6, 6.07) is 38.8. The fraction of sp³-hybridized carbons (Fsp3) is 0.431. The standard InChI is InChI=1S/C72H81F7N8O8/c1-81(34-12-35-83(3)66(90)51-20-26-58(27-21-51)80-33-11-19-64(88)82(2)41-42-84-36-28-59(29-37-84)87(68(92)93)62-18-10-8-16-60(62)50-13-5-4-6-14-50)65(89)47-94-63-45-52-15-7-9-17-61(52)69(63)30-38-85(39-31-69)40-32-70(54-22-24-57(73)25-23-54)48-86(49-95-70)67(91)53-43-55(71(74,75)76)46-56(44-53)72(77,78)79/h4-10,13-18,20-27,43-44,46,59,63,80H,11-12,19,28-42,45,47-49H2,1-3H3,(H,92,93)/t63-,70+/m0/s1. The van der Waals surface area contributed by atoms with Gasteiger partial charge < -0.3 is 49.3 Å². The molecule has 1 spiro atoms. The van der Waals surface area contributed by atoms with E-state index in [1.165, 1.54) is 29.2 Å². The second kappa shape index (κ2) is 30.1. The minimum atomic E-state index is -5.15. The van der Waals surface area contributed by atoms with Crippen LogP contribution in [0, 0.1) is 5.82 Å². The predicted octanol–water partition coefficient (Wildman–Crippen LogP) is 12.1. The summed E-state index contributed by atoms with van der Waals surface area (Å²) >= 11 is 0. The summed E-state index contributed by atoms with van der Waals surface area (Å²) in [5.74, 6) is -1.94. The highest BCUT2D eigenvalue weighted by Gasteiger charge is 2.50. The maximum absolute atomic E-state index is 14.2. The molecule has 0 saturated carbocycles. The molecule has 95 heavy (non-hydrogen) atoms. The van der Waals surface area contributed by atoms with Crippen LogP contribution in [0.4, 0.5) is 46.9 Å². The van der Waals surface area contributed by atoms with Crippen LogP contribution in [0.2, 0.25) is 0 Å². The molecule has 0 unspecified atom stereocenters. The number of amides is 5. The van der Waals surface area contributed by atoms with Gasteiger partial charge in [0, 0.05) is 114 Å². The number of ether oxygens (including phenoxy) is 2. The Morgan fingerprint density at radius 3 is 1.97 bits per heavy atom. The summed E-state index contributed by atoms with van der Waals surface area (Å²) in [6.07, 6.45) is -6.53. The molecule has 0 bridgehead atoms. The third-order valence-electron chi connectivity index (χ3n) is 19.3. The molecule has 5 amide bonds. The normalized spacial score (nSPS) is 18.3. The Bertz CT molecular complexity index is 3610. The van der Waals surface area contributed by atoms with Crippen LogP contribution in [0.15, 0.2) is 146 Å². The number of carbonyl (C=O) groups excluding carboxylic acids is 4. The molecule has 0 radical (unpaired) electrons. The summed E-state index contributed by atoms with van der Waals surface area (Å²) in [5.41, 5.74) is 0.928. The van der Waals surface area contributed by atoms with Crippen LogP contribution in [-0.4, -0.2) is 183 Å². The zero-order valence-electron chi connectivity index (χ0n) is 53.6. The van der Waals surface area contributed by atoms with Crippen molar-refractivity contribution in [2.75, 3.05) is 117 Å². The molecular weight excluding hydrogens is 1240 g/mol. The molecule has 2 atom stereocenters. The molecule has 6 aromatic rings. The lowest BCUT2D eigenvalue weighted by Crippen LogP contribution is -2.50. The molecule has 23 heteroatoms. The van der Waals surface area contributed by atoms with Gasteiger partial charge in [-0.05, 0) is 147 Å². The van der Waals surface area contributed by atoms with E-state index in [1.807, 2.05) is 85.9 Å². The van der Waals surface area contributed by atoms with E-state index in [-0.39, 0.29) is 55.5 Å². The molecule has 506 valence electrons. The van der Waals surface area contributed by atoms with Crippen molar-refractivity contribution in [2.24, 2.45) is 0 Å². The number of carboxylic acid groups (broad SMARTS) is 1. The first-order chi connectivity index (χ1) is 45.4. The third-order valence-corrected chi connectivity index (χ3v) is 19.3. The number of nitrogens with zero attached hydrogens (tertiary/aromatic N) is 7. The minimum Gasteiger partial charge on any atom is -0.465 e. The van der Waals surface area contributed by atoms with E-state index < -0.39 is 64.6 Å². The van der Waals surface area contributed by atoms with Gasteiger partial charge in [0.15, 0.2) is 0 Å². The Hall–Kier alpha value is -8.38. The topological polar surface area (TPSA) is 159 Å². The van der Waals surface area contributed by atoms with Crippen LogP contribution in [0.3, 0.4) is 0 Å². The minimum absolute atomic E-state index is 0.0308. The van der Waals surface area contributed by atoms with Gasteiger partial charge in [-0.3, -0.25) is 24.1 Å². The molecule has 0 aromatic heterocycles. The zero-order chi connectivity index (χ0) is 67.7. The summed E-state index contributed by atoms with van der Waals surface area (Å²) in [6.45, 7) is 4.86. The van der Waals surface area contributed by atoms with Gasteiger partial charge in [-0.25, -0.2) is 9.18 Å². The fourth-order valence-electron chi connectivity index (χ4n) is 13.8. The van der Waals surface area contributed by atoms with Crippen molar-refractivity contribution in [2.45, 2.75) is 93.3 Å². The second-order valence-corrected chi connectivity index (χ2v) is 25.4. The highest BCUT2D eigenvalue weighted by molar-refractivity contribution is 5.96. The average molecular weight is 1320 g/mol. The first-order valence-electron chi connectivity index (χ1n) is 32.3. The summed E-state index contributed by atoms with van der Waals surface area (Å²) in [4.78, 5) is 78.7. The number of halogens is 7. The first kappa shape index (κ1) is 69.4. The quantitative estimate of drug-likeness (QED) is 0.0439. The van der Waals surface area contributed by atoms with Gasteiger partial charge in [-0.15, -0.1) is 0 Å². The Balaban J connectivity index is 0.633. The number of anilines is 2. The van der Waals surface area contributed by atoms with Gasteiger partial charge >= 0.3 is 18.4 Å². The number of likely N-dealkylation sites (tertiary alicyclic amines) is 2. The number of rotatable bonds is 24. The van der Waals surface area contributed by atoms with Gasteiger partial charge in [0.2, 0.25) is 11.8 Å². The van der Waals surface area contributed by atoms with Crippen LogP contribution in [0.5, 0.6) is 0 Å². The molecular formula is C72H81F7N8O8. The molecule has 3 aliphatic heterocycles. The molecule has 2 N–H and O–H groups in total. The Morgan fingerprint density at radius 1 is 0.674 bits per heavy atom. The monoisotopic (exact) mass is 1320 g/mol. The van der Waals surface area contributed by atoms with Crippen molar-refractivity contribution in [3.8, 4) is 11.1 Å². The van der Waals surface area contributed by atoms with Gasteiger partial charge in [-0.2, -0.15) is 26.3 Å². The number of nitrogens with one attached hydrogen (secondary N) is 1. The lowest BCUT2D eigenvalue weighted by molar-refractivity contribution is -0.143. The van der Waals surface area contributed by atoms with E-state index >= 15 is 0 Å². The van der Waals surface area contributed by atoms with Crippen LogP contribution >= 0.6 is 0 Å². The molecule has 3 fully saturated rings. The number of alkyl halides is 6. The van der Waals surface area contributed by atoms with Crippen molar-refractivity contribution >= 4 is 41.1 Å². The van der Waals surface area contributed by atoms with Crippen molar-refractivity contribution in [1.82, 2.24) is 29.4 Å². The van der Waals surface area contributed by atoms with Crippen LogP contribution in [0.1, 0.15) is 99.9 Å². The number of benzene rings is 6. The predicted molar refractivity (Wildman–Crippen MR) is 346 cm³/mol. The number of piperidine rings is 2. The number of hydrogen-bond acceptors (Lipinski definition) is 10. The van der Waals surface area contributed by atoms with E-state index in [2.05, 4.69) is 27.2 Å². The average Bonchev–Trinajstić information content (AvgIpc) is 1.62. The van der Waals surface area contributed by atoms with Gasteiger partial charge in [0.1, 0.15) is 24.8 Å². The largest absolute Gasteiger partial charge is 0.465 e. The van der Waals surface area contributed by atoms with Gasteiger partial charge in [0.05, 0.1) is 29.5 Å². The summed E-state index contributed by atoms with van der Waals surface area (Å²) in [7, 11) is 5.24. The van der Waals surface area contributed by atoms with E-state index in [0.29, 0.717) is 133 Å². The molecule has 16 nitrogen and oxygen atoms in total. The van der Waals surface area contributed by atoms with Crippen molar-refractivity contribution in [3.63, 3.8) is 0 Å². The Labute approximate surface area is 549 Å². The maximum Gasteiger partial charge on any atom is 0.416 e. The Kier molecular flexibility index (Phi) is 22.0. The van der Waals surface area contributed by atoms with E-state index in [0.717, 1.165) is 45.9 Å². The maximum atomic E-state index is 14.2. The molecule has 3 saturated heterocycles. The summed E-state index contributed by atoms with van der Waals surface area (Å²) in [5, 5.41) is 13.7. The van der Waals surface area contributed by atoms with E-state index in [4.69, 9.17) is 9.47 Å². The summed E-state index contributed by atoms with van der Waals surface area (Å²) < 4.78 is 110. The number of likely N-dealkylation sites (N-methyl/N-ethyl adjacent to an activating group) is 2. The molecule has 6 aromatic carbocycles. The number of carbonyl (C=O) groups is 5. The van der Waals surface area contributed by atoms with Crippen LogP contribution in [-0.2, 0) is 48.9 Å². The molecule has 1 aliphatic carbocycles. The van der Waals surface area contributed by atoms with Crippen molar-refractivity contribution in [3.05, 3.63) is 190 Å². The number of hydrogen-bond donors (Lipinski definition) is 2. The van der Waals surface area contributed by atoms with E-state index in [9.17, 15) is 59.8 Å². The Morgan fingerprint density at radius 2 is 1.29 bits per heavy atom. The van der Waals surface area contributed by atoms with E-state index in [1.54, 1.807) is 40.9 Å². The zero-order valence-corrected chi connectivity index (χ0v) is 53.6. The van der Waals surface area contributed by atoms with Crippen LogP contribution in [0.25, 0.3) is 11.1 Å². The highest BCUT2D eigenvalue weighted by Crippen LogP contribution is 2.49. The van der Waals surface area contributed by atoms with Crippen LogP contribution < -0.4 is 10.2 Å².